The SMILES string of the molecule is OC(O)N1CCc2ccccc2C1. The number of rotatable bonds is 1. The molecule has 3 nitrogen and oxygen atoms in total. The zero-order chi connectivity index (χ0) is 9.26. The number of hydrogen-bond acceptors (Lipinski definition) is 3. The molecule has 0 saturated heterocycles. The van der Waals surface area contributed by atoms with Crippen molar-refractivity contribution in [2.75, 3.05) is 6.54 Å². The lowest BCUT2D eigenvalue weighted by molar-refractivity contribution is -0.160. The van der Waals surface area contributed by atoms with Crippen molar-refractivity contribution in [3.05, 3.63) is 35.4 Å². The van der Waals surface area contributed by atoms with Gasteiger partial charge in [0.15, 0.2) is 0 Å². The molecule has 0 radical (unpaired) electrons. The molecular formula is C10H13NO2. The van der Waals surface area contributed by atoms with Gasteiger partial charge in [0.05, 0.1) is 0 Å². The molecular weight excluding hydrogens is 166 g/mol. The van der Waals surface area contributed by atoms with Crippen LogP contribution in [0.5, 0.6) is 0 Å². The average Bonchev–Trinajstić information content (AvgIpc) is 2.17. The average molecular weight is 179 g/mol. The van der Waals surface area contributed by atoms with Crippen LogP contribution in [0, 0.1) is 0 Å². The second-order valence-electron chi connectivity index (χ2n) is 3.34. The summed E-state index contributed by atoms with van der Waals surface area (Å²) in [5.41, 5.74) is 2.52. The Labute approximate surface area is 77.2 Å². The summed E-state index contributed by atoms with van der Waals surface area (Å²) < 4.78 is 0. The fourth-order valence-electron chi connectivity index (χ4n) is 1.71. The molecule has 2 rings (SSSR count). The van der Waals surface area contributed by atoms with Crippen molar-refractivity contribution in [2.45, 2.75) is 19.4 Å². The number of fused-ring (bicyclic) bond motifs is 1. The van der Waals surface area contributed by atoms with E-state index >= 15 is 0 Å². The van der Waals surface area contributed by atoms with Crippen LogP contribution >= 0.6 is 0 Å². The Morgan fingerprint density at radius 1 is 1.15 bits per heavy atom. The first-order valence-corrected chi connectivity index (χ1v) is 4.44. The molecule has 0 unspecified atom stereocenters. The third-order valence-corrected chi connectivity index (χ3v) is 2.49. The van der Waals surface area contributed by atoms with Gasteiger partial charge in [0, 0.05) is 13.1 Å². The number of aliphatic hydroxyl groups excluding tert-OH is 1. The largest absolute Gasteiger partial charge is 0.356 e. The minimum Gasteiger partial charge on any atom is -0.356 e. The van der Waals surface area contributed by atoms with Gasteiger partial charge in [0.1, 0.15) is 0 Å². The Balaban J connectivity index is 2.20. The van der Waals surface area contributed by atoms with Gasteiger partial charge in [-0.2, -0.15) is 0 Å². The lowest BCUT2D eigenvalue weighted by Crippen LogP contribution is -2.38. The predicted molar refractivity (Wildman–Crippen MR) is 48.8 cm³/mol. The molecule has 2 N–H and O–H groups in total. The summed E-state index contributed by atoms with van der Waals surface area (Å²) in [6.45, 7) is 1.35. The summed E-state index contributed by atoms with van der Waals surface area (Å²) in [5, 5.41) is 18.0. The molecule has 1 aromatic rings. The fraction of sp³-hybridized carbons (Fsp3) is 0.400. The van der Waals surface area contributed by atoms with E-state index in [-0.39, 0.29) is 0 Å². The van der Waals surface area contributed by atoms with E-state index in [2.05, 4.69) is 6.07 Å². The summed E-state index contributed by atoms with van der Waals surface area (Å²) in [7, 11) is 0. The Bertz CT molecular complexity index is 299. The lowest BCUT2D eigenvalue weighted by Gasteiger charge is -2.29. The first kappa shape index (κ1) is 8.69. The second-order valence-corrected chi connectivity index (χ2v) is 3.34. The summed E-state index contributed by atoms with van der Waals surface area (Å²) in [4.78, 5) is 1.64. The highest BCUT2D eigenvalue weighted by Gasteiger charge is 2.19. The van der Waals surface area contributed by atoms with Gasteiger partial charge in [-0.3, -0.25) is 4.90 Å². The molecule has 1 aromatic carbocycles. The van der Waals surface area contributed by atoms with E-state index in [4.69, 9.17) is 10.2 Å². The molecule has 0 amide bonds. The van der Waals surface area contributed by atoms with Crippen LogP contribution in [0.25, 0.3) is 0 Å². The third kappa shape index (κ3) is 1.72. The summed E-state index contributed by atoms with van der Waals surface area (Å²) >= 11 is 0. The maximum absolute atomic E-state index is 8.98. The van der Waals surface area contributed by atoms with Crippen molar-refractivity contribution in [2.24, 2.45) is 0 Å². The molecule has 3 heteroatoms. The van der Waals surface area contributed by atoms with E-state index in [1.165, 1.54) is 11.1 Å². The van der Waals surface area contributed by atoms with Crippen LogP contribution in [0.1, 0.15) is 11.1 Å². The minimum atomic E-state index is -1.33. The van der Waals surface area contributed by atoms with Gasteiger partial charge in [-0.25, -0.2) is 0 Å². The molecule has 0 aliphatic carbocycles. The molecule has 1 aliphatic heterocycles. The molecule has 70 valence electrons. The van der Waals surface area contributed by atoms with Crippen LogP contribution in [0.15, 0.2) is 24.3 Å². The predicted octanol–water partition coefficient (Wildman–Crippen LogP) is 0.313. The number of hydrogen-bond donors (Lipinski definition) is 2. The van der Waals surface area contributed by atoms with Gasteiger partial charge in [-0.05, 0) is 17.5 Å². The molecule has 0 aromatic heterocycles. The standard InChI is InChI=1S/C10H13NO2/c12-10(13)11-6-5-8-3-1-2-4-9(8)7-11/h1-4,10,12-13H,5-7H2. The first-order valence-electron chi connectivity index (χ1n) is 4.44. The van der Waals surface area contributed by atoms with Gasteiger partial charge in [0.25, 0.3) is 0 Å². The van der Waals surface area contributed by atoms with E-state index in [0.717, 1.165) is 6.42 Å². The highest BCUT2D eigenvalue weighted by molar-refractivity contribution is 5.28. The monoisotopic (exact) mass is 179 g/mol. The Hall–Kier alpha value is -0.900. The Kier molecular flexibility index (Phi) is 2.31. The molecule has 0 spiro atoms. The highest BCUT2D eigenvalue weighted by Crippen LogP contribution is 2.18. The normalized spacial score (nSPS) is 17.5. The van der Waals surface area contributed by atoms with Crippen LogP contribution < -0.4 is 0 Å². The third-order valence-electron chi connectivity index (χ3n) is 2.49. The lowest BCUT2D eigenvalue weighted by atomic mass is 10.0. The van der Waals surface area contributed by atoms with Crippen LogP contribution in [-0.4, -0.2) is 28.1 Å². The highest BCUT2D eigenvalue weighted by atomic mass is 16.5. The summed E-state index contributed by atoms with van der Waals surface area (Å²) in [5.74, 6) is 0. The van der Waals surface area contributed by atoms with Crippen molar-refractivity contribution < 1.29 is 10.2 Å². The maximum Gasteiger partial charge on any atom is 0.213 e. The zero-order valence-corrected chi connectivity index (χ0v) is 7.35. The number of benzene rings is 1. The van der Waals surface area contributed by atoms with Crippen molar-refractivity contribution in [1.29, 1.82) is 0 Å². The van der Waals surface area contributed by atoms with Crippen molar-refractivity contribution in [3.8, 4) is 0 Å². The van der Waals surface area contributed by atoms with Gasteiger partial charge in [-0.1, -0.05) is 24.3 Å². The minimum absolute atomic E-state index is 0.633. The van der Waals surface area contributed by atoms with E-state index in [0.29, 0.717) is 13.1 Å². The molecule has 0 atom stereocenters. The summed E-state index contributed by atoms with van der Waals surface area (Å²) in [6.07, 6.45) is -0.429. The van der Waals surface area contributed by atoms with Gasteiger partial charge in [0.2, 0.25) is 6.41 Å². The fourth-order valence-corrected chi connectivity index (χ4v) is 1.71. The van der Waals surface area contributed by atoms with E-state index in [1.54, 1.807) is 4.90 Å². The molecule has 0 saturated carbocycles. The van der Waals surface area contributed by atoms with Gasteiger partial charge in [-0.15, -0.1) is 0 Å². The van der Waals surface area contributed by atoms with Gasteiger partial charge >= 0.3 is 0 Å². The van der Waals surface area contributed by atoms with Crippen LogP contribution in [0.2, 0.25) is 0 Å². The van der Waals surface area contributed by atoms with Crippen molar-refractivity contribution in [3.63, 3.8) is 0 Å². The number of nitrogens with zero attached hydrogens (tertiary/aromatic N) is 1. The smallest absolute Gasteiger partial charge is 0.213 e. The molecule has 0 fully saturated rings. The Morgan fingerprint density at radius 2 is 1.85 bits per heavy atom. The quantitative estimate of drug-likeness (QED) is 0.610. The van der Waals surface area contributed by atoms with Crippen molar-refractivity contribution in [1.82, 2.24) is 4.90 Å². The van der Waals surface area contributed by atoms with Crippen LogP contribution in [0.3, 0.4) is 0 Å². The number of aliphatic hydroxyl groups is 2. The molecule has 13 heavy (non-hydrogen) atoms. The molecule has 1 aliphatic rings. The molecule has 1 heterocycles. The topological polar surface area (TPSA) is 43.7 Å². The maximum atomic E-state index is 8.98. The van der Waals surface area contributed by atoms with E-state index < -0.39 is 6.41 Å². The van der Waals surface area contributed by atoms with E-state index in [9.17, 15) is 0 Å². The van der Waals surface area contributed by atoms with E-state index in [1.807, 2.05) is 18.2 Å². The second kappa shape index (κ2) is 3.46. The molecule has 0 bridgehead atoms. The van der Waals surface area contributed by atoms with Crippen molar-refractivity contribution >= 4 is 0 Å². The van der Waals surface area contributed by atoms with Gasteiger partial charge < -0.3 is 10.2 Å². The zero-order valence-electron chi connectivity index (χ0n) is 7.35. The first-order chi connectivity index (χ1) is 6.27. The van der Waals surface area contributed by atoms with Crippen LogP contribution in [0.4, 0.5) is 0 Å². The summed E-state index contributed by atoms with van der Waals surface area (Å²) in [6, 6.07) is 8.12. The van der Waals surface area contributed by atoms with Crippen LogP contribution in [-0.2, 0) is 13.0 Å². The Morgan fingerprint density at radius 3 is 2.54 bits per heavy atom.